The minimum atomic E-state index is -0.698. The molecule has 0 saturated heterocycles. The van der Waals surface area contributed by atoms with Crippen LogP contribution in [0.2, 0.25) is 5.02 Å². The van der Waals surface area contributed by atoms with E-state index in [-0.39, 0.29) is 34.7 Å². The van der Waals surface area contributed by atoms with E-state index in [1.807, 2.05) is 13.8 Å². The fourth-order valence-electron chi connectivity index (χ4n) is 1.24. The molecule has 5 heteroatoms. The van der Waals surface area contributed by atoms with Gasteiger partial charge in [-0.2, -0.15) is 0 Å². The van der Waals surface area contributed by atoms with E-state index in [4.69, 9.17) is 11.6 Å². The monoisotopic (exact) mass is 257 g/mol. The molecule has 1 amide bonds. The highest BCUT2D eigenvalue weighted by Gasteiger charge is 2.15. The van der Waals surface area contributed by atoms with E-state index in [9.17, 15) is 15.0 Å². The number of hydrogen-bond donors (Lipinski definition) is 3. The van der Waals surface area contributed by atoms with Gasteiger partial charge in [0.05, 0.1) is 23.2 Å². The SMILES string of the molecule is CC(C)C(O)CC(=O)Nc1cccc(Cl)c1O. The van der Waals surface area contributed by atoms with Crippen molar-refractivity contribution in [1.82, 2.24) is 0 Å². The smallest absolute Gasteiger partial charge is 0.227 e. The average Bonchev–Trinajstić information content (AvgIpc) is 2.24. The number of phenols is 1. The molecule has 1 aromatic carbocycles. The standard InChI is InChI=1S/C12H16ClNO3/c1-7(2)10(15)6-11(16)14-9-5-3-4-8(13)12(9)17/h3-5,7,10,15,17H,6H2,1-2H3,(H,14,16). The molecule has 0 saturated carbocycles. The molecule has 0 heterocycles. The van der Waals surface area contributed by atoms with Crippen molar-refractivity contribution in [2.75, 3.05) is 5.32 Å². The molecule has 0 aliphatic heterocycles. The van der Waals surface area contributed by atoms with E-state index in [0.29, 0.717) is 0 Å². The summed E-state index contributed by atoms with van der Waals surface area (Å²) in [6, 6.07) is 4.69. The van der Waals surface area contributed by atoms with Gasteiger partial charge in [-0.05, 0) is 18.1 Å². The zero-order chi connectivity index (χ0) is 13.0. The number of hydrogen-bond acceptors (Lipinski definition) is 3. The molecule has 17 heavy (non-hydrogen) atoms. The highest BCUT2D eigenvalue weighted by atomic mass is 35.5. The molecule has 0 spiro atoms. The van der Waals surface area contributed by atoms with E-state index in [2.05, 4.69) is 5.32 Å². The summed E-state index contributed by atoms with van der Waals surface area (Å²) in [5.41, 5.74) is 0.249. The Hall–Kier alpha value is -1.26. The van der Waals surface area contributed by atoms with E-state index < -0.39 is 6.10 Å². The molecular weight excluding hydrogens is 242 g/mol. The van der Waals surface area contributed by atoms with Crippen molar-refractivity contribution in [3.05, 3.63) is 23.2 Å². The van der Waals surface area contributed by atoms with Crippen LogP contribution in [0.15, 0.2) is 18.2 Å². The van der Waals surface area contributed by atoms with E-state index in [1.54, 1.807) is 12.1 Å². The van der Waals surface area contributed by atoms with Crippen LogP contribution in [0.25, 0.3) is 0 Å². The third-order valence-corrected chi connectivity index (χ3v) is 2.73. The summed E-state index contributed by atoms with van der Waals surface area (Å²) < 4.78 is 0. The van der Waals surface area contributed by atoms with Gasteiger partial charge in [0.2, 0.25) is 5.91 Å². The van der Waals surface area contributed by atoms with Gasteiger partial charge in [-0.1, -0.05) is 31.5 Å². The number of amides is 1. The van der Waals surface area contributed by atoms with Gasteiger partial charge >= 0.3 is 0 Å². The van der Waals surface area contributed by atoms with Crippen molar-refractivity contribution in [2.45, 2.75) is 26.4 Å². The van der Waals surface area contributed by atoms with Crippen LogP contribution in [-0.2, 0) is 4.79 Å². The number of phenolic OH excluding ortho intramolecular Hbond substituents is 1. The van der Waals surface area contributed by atoms with Gasteiger partial charge < -0.3 is 15.5 Å². The number of aliphatic hydroxyl groups is 1. The fraction of sp³-hybridized carbons (Fsp3) is 0.417. The Morgan fingerprint density at radius 2 is 2.12 bits per heavy atom. The number of carbonyl (C=O) groups excluding carboxylic acids is 1. The van der Waals surface area contributed by atoms with Crippen LogP contribution in [0.4, 0.5) is 5.69 Å². The predicted octanol–water partition coefficient (Wildman–Crippen LogP) is 2.39. The van der Waals surface area contributed by atoms with Crippen LogP contribution in [-0.4, -0.2) is 22.2 Å². The molecule has 0 fully saturated rings. The molecule has 1 rings (SSSR count). The zero-order valence-electron chi connectivity index (χ0n) is 9.77. The number of anilines is 1. The van der Waals surface area contributed by atoms with Crippen molar-refractivity contribution < 1.29 is 15.0 Å². The number of carbonyl (C=O) groups is 1. The van der Waals surface area contributed by atoms with Crippen LogP contribution in [0.3, 0.4) is 0 Å². The molecule has 4 nitrogen and oxygen atoms in total. The first-order chi connectivity index (χ1) is 7.91. The summed E-state index contributed by atoms with van der Waals surface area (Å²) in [5, 5.41) is 21.8. The first-order valence-corrected chi connectivity index (χ1v) is 5.75. The Labute approximate surface area is 105 Å². The molecular formula is C12H16ClNO3. The van der Waals surface area contributed by atoms with Crippen molar-refractivity contribution in [1.29, 1.82) is 0 Å². The Balaban J connectivity index is 2.66. The van der Waals surface area contributed by atoms with Crippen molar-refractivity contribution >= 4 is 23.2 Å². The molecule has 1 atom stereocenters. The number of benzene rings is 1. The van der Waals surface area contributed by atoms with Crippen molar-refractivity contribution in [3.8, 4) is 5.75 Å². The minimum Gasteiger partial charge on any atom is -0.504 e. The summed E-state index contributed by atoms with van der Waals surface area (Å²) in [6.07, 6.45) is -0.708. The zero-order valence-corrected chi connectivity index (χ0v) is 10.5. The first-order valence-electron chi connectivity index (χ1n) is 5.37. The maximum absolute atomic E-state index is 11.6. The Morgan fingerprint density at radius 3 is 2.71 bits per heavy atom. The number of rotatable bonds is 4. The topological polar surface area (TPSA) is 69.6 Å². The Kier molecular flexibility index (Phi) is 4.78. The summed E-state index contributed by atoms with van der Waals surface area (Å²) in [4.78, 5) is 11.6. The second kappa shape index (κ2) is 5.89. The number of halogens is 1. The molecule has 0 radical (unpaired) electrons. The largest absolute Gasteiger partial charge is 0.504 e. The van der Waals surface area contributed by atoms with Crippen molar-refractivity contribution in [2.24, 2.45) is 5.92 Å². The van der Waals surface area contributed by atoms with Gasteiger partial charge in [0, 0.05) is 0 Å². The predicted molar refractivity (Wildman–Crippen MR) is 67.2 cm³/mol. The van der Waals surface area contributed by atoms with Gasteiger partial charge in [0.1, 0.15) is 0 Å². The molecule has 0 aliphatic carbocycles. The number of aromatic hydroxyl groups is 1. The van der Waals surface area contributed by atoms with Crippen LogP contribution < -0.4 is 5.32 Å². The van der Waals surface area contributed by atoms with Gasteiger partial charge in [-0.25, -0.2) is 0 Å². The second-order valence-corrected chi connectivity index (χ2v) is 4.61. The third kappa shape index (κ3) is 3.91. The van der Waals surface area contributed by atoms with Crippen molar-refractivity contribution in [3.63, 3.8) is 0 Å². The summed E-state index contributed by atoms with van der Waals surface area (Å²) in [5.74, 6) is -0.515. The number of nitrogens with one attached hydrogen (secondary N) is 1. The van der Waals surface area contributed by atoms with E-state index in [1.165, 1.54) is 6.07 Å². The fourth-order valence-corrected chi connectivity index (χ4v) is 1.42. The first kappa shape index (κ1) is 13.8. The lowest BCUT2D eigenvalue weighted by molar-refractivity contribution is -0.118. The van der Waals surface area contributed by atoms with Crippen LogP contribution in [0, 0.1) is 5.92 Å². The lowest BCUT2D eigenvalue weighted by atomic mass is 10.0. The van der Waals surface area contributed by atoms with Crippen LogP contribution in [0.5, 0.6) is 5.75 Å². The maximum atomic E-state index is 11.6. The average molecular weight is 258 g/mol. The number of para-hydroxylation sites is 1. The normalized spacial score (nSPS) is 12.5. The van der Waals surface area contributed by atoms with Crippen LogP contribution >= 0.6 is 11.6 Å². The summed E-state index contributed by atoms with van der Waals surface area (Å²) in [6.45, 7) is 3.66. The Bertz CT molecular complexity index is 407. The van der Waals surface area contributed by atoms with Gasteiger partial charge in [-0.3, -0.25) is 4.79 Å². The highest BCUT2D eigenvalue weighted by Crippen LogP contribution is 2.31. The molecule has 0 bridgehead atoms. The van der Waals surface area contributed by atoms with Gasteiger partial charge in [-0.15, -0.1) is 0 Å². The molecule has 1 aromatic rings. The third-order valence-electron chi connectivity index (χ3n) is 2.42. The molecule has 0 aromatic heterocycles. The summed E-state index contributed by atoms with van der Waals surface area (Å²) in [7, 11) is 0. The maximum Gasteiger partial charge on any atom is 0.227 e. The second-order valence-electron chi connectivity index (χ2n) is 4.20. The van der Waals surface area contributed by atoms with Crippen LogP contribution in [0.1, 0.15) is 20.3 Å². The molecule has 3 N–H and O–H groups in total. The quantitative estimate of drug-likeness (QED) is 0.726. The lowest BCUT2D eigenvalue weighted by Crippen LogP contribution is -2.23. The number of aliphatic hydroxyl groups excluding tert-OH is 1. The van der Waals surface area contributed by atoms with Gasteiger partial charge in [0.15, 0.2) is 5.75 Å². The Morgan fingerprint density at radius 1 is 1.47 bits per heavy atom. The highest BCUT2D eigenvalue weighted by molar-refractivity contribution is 6.32. The van der Waals surface area contributed by atoms with E-state index >= 15 is 0 Å². The molecule has 0 aliphatic rings. The molecule has 1 unspecified atom stereocenters. The molecule has 94 valence electrons. The van der Waals surface area contributed by atoms with E-state index in [0.717, 1.165) is 0 Å². The van der Waals surface area contributed by atoms with Gasteiger partial charge in [0.25, 0.3) is 0 Å². The lowest BCUT2D eigenvalue weighted by Gasteiger charge is -2.14. The minimum absolute atomic E-state index is 0.00806. The summed E-state index contributed by atoms with van der Waals surface area (Å²) >= 11 is 5.70.